The van der Waals surface area contributed by atoms with Crippen LogP contribution in [0.4, 0.5) is 17.1 Å². The monoisotopic (exact) mass is 659 g/mol. The number of nitrogens with one attached hydrogen (secondary N) is 1. The lowest BCUT2D eigenvalue weighted by atomic mass is 9.56. The number of hydrogen-bond donors (Lipinski definition) is 2. The van der Waals surface area contributed by atoms with Gasteiger partial charge in [-0.25, -0.2) is 0 Å². The van der Waals surface area contributed by atoms with Crippen molar-refractivity contribution in [3.05, 3.63) is 90.0 Å². The number of para-hydroxylation sites is 1. The zero-order chi connectivity index (χ0) is 32.5. The number of imide groups is 2. The van der Waals surface area contributed by atoms with E-state index in [4.69, 9.17) is 27.9 Å². The van der Waals surface area contributed by atoms with E-state index in [1.54, 1.807) is 43.3 Å². The van der Waals surface area contributed by atoms with Crippen LogP contribution in [0.25, 0.3) is 0 Å². The van der Waals surface area contributed by atoms with Gasteiger partial charge in [0.05, 0.1) is 24.1 Å². The number of carbonyl (C=O) groups excluding carboxylic acids is 4. The van der Waals surface area contributed by atoms with Crippen molar-refractivity contribution in [2.45, 2.75) is 35.4 Å². The quantitative estimate of drug-likeness (QED) is 0.197. The summed E-state index contributed by atoms with van der Waals surface area (Å²) in [6.07, 6.45) is 2.03. The maximum atomic E-state index is 14.3. The topological polar surface area (TPSA) is 116 Å². The SMILES string of the molecule is CCOc1cc(C2C3=CCC4C(=O)N(c5ccc(Nc6ccccc6)cc5)C(=O)C4C3CC3(Cl)C(=O)N(C)C(=O)C23Cl)ccc1O. The fourth-order valence-electron chi connectivity index (χ4n) is 7.74. The smallest absolute Gasteiger partial charge is 0.253 e. The lowest BCUT2D eigenvalue weighted by Gasteiger charge is -2.50. The maximum Gasteiger partial charge on any atom is 0.253 e. The molecule has 1 saturated carbocycles. The van der Waals surface area contributed by atoms with Crippen LogP contribution in [0.5, 0.6) is 11.5 Å². The summed E-state index contributed by atoms with van der Waals surface area (Å²) in [7, 11) is 1.35. The minimum Gasteiger partial charge on any atom is -0.504 e. The van der Waals surface area contributed by atoms with Crippen molar-refractivity contribution in [3.8, 4) is 11.5 Å². The first-order valence-electron chi connectivity index (χ1n) is 15.2. The van der Waals surface area contributed by atoms with E-state index in [2.05, 4.69) is 5.32 Å². The molecular formula is C35H31Cl2N3O6. The predicted octanol–water partition coefficient (Wildman–Crippen LogP) is 5.73. The number of aromatic hydroxyl groups is 1. The number of fused-ring (bicyclic) bond motifs is 4. The van der Waals surface area contributed by atoms with E-state index in [0.717, 1.165) is 16.3 Å². The Hall–Kier alpha value is -4.34. The molecule has 9 nitrogen and oxygen atoms in total. The van der Waals surface area contributed by atoms with Crippen molar-refractivity contribution in [2.24, 2.45) is 17.8 Å². The first kappa shape index (κ1) is 30.3. The van der Waals surface area contributed by atoms with Gasteiger partial charge in [0.15, 0.2) is 21.2 Å². The van der Waals surface area contributed by atoms with E-state index in [9.17, 15) is 24.3 Å². The molecule has 0 spiro atoms. The van der Waals surface area contributed by atoms with Gasteiger partial charge in [-0.05, 0) is 79.8 Å². The summed E-state index contributed by atoms with van der Waals surface area (Å²) in [5.41, 5.74) is 3.31. The summed E-state index contributed by atoms with van der Waals surface area (Å²) in [6, 6.07) is 21.4. The number of halogens is 2. The highest BCUT2D eigenvalue weighted by molar-refractivity contribution is 6.53. The second-order valence-electron chi connectivity index (χ2n) is 12.2. The molecule has 0 radical (unpaired) electrons. The second kappa shape index (κ2) is 10.9. The number of benzene rings is 3. The van der Waals surface area contributed by atoms with Crippen molar-refractivity contribution in [1.29, 1.82) is 0 Å². The number of ether oxygens (including phenoxy) is 1. The number of nitrogens with zero attached hydrogens (tertiary/aromatic N) is 2. The molecule has 4 amide bonds. The average molecular weight is 661 g/mol. The maximum absolute atomic E-state index is 14.3. The molecule has 3 aromatic rings. The van der Waals surface area contributed by atoms with Crippen LogP contribution >= 0.6 is 23.2 Å². The zero-order valence-electron chi connectivity index (χ0n) is 25.1. The van der Waals surface area contributed by atoms with E-state index in [0.29, 0.717) is 16.8 Å². The Labute approximate surface area is 275 Å². The van der Waals surface area contributed by atoms with E-state index >= 15 is 0 Å². The summed E-state index contributed by atoms with van der Waals surface area (Å²) in [5, 5.41) is 13.7. The summed E-state index contributed by atoms with van der Waals surface area (Å²) in [5.74, 6) is -5.00. The van der Waals surface area contributed by atoms with Gasteiger partial charge in [-0.3, -0.25) is 29.0 Å². The van der Waals surface area contributed by atoms with Gasteiger partial charge < -0.3 is 15.2 Å². The Morgan fingerprint density at radius 1 is 0.913 bits per heavy atom. The highest BCUT2D eigenvalue weighted by Crippen LogP contribution is 2.65. The predicted molar refractivity (Wildman–Crippen MR) is 173 cm³/mol. The summed E-state index contributed by atoms with van der Waals surface area (Å²) in [4.78, 5) is 54.0. The third-order valence-corrected chi connectivity index (χ3v) is 11.2. The van der Waals surface area contributed by atoms with E-state index in [-0.39, 0.29) is 42.8 Å². The lowest BCUT2D eigenvalue weighted by Crippen LogP contribution is -2.60. The van der Waals surface area contributed by atoms with Crippen molar-refractivity contribution in [3.63, 3.8) is 0 Å². The Morgan fingerprint density at radius 2 is 1.61 bits per heavy atom. The number of alkyl halides is 2. The fraction of sp³-hybridized carbons (Fsp3) is 0.314. The Morgan fingerprint density at radius 3 is 2.30 bits per heavy atom. The summed E-state index contributed by atoms with van der Waals surface area (Å²) in [6.45, 7) is 2.05. The van der Waals surface area contributed by atoms with Gasteiger partial charge in [0, 0.05) is 24.3 Å². The number of amides is 4. The fourth-order valence-corrected chi connectivity index (χ4v) is 8.76. The summed E-state index contributed by atoms with van der Waals surface area (Å²) < 4.78 is 5.63. The van der Waals surface area contributed by atoms with E-state index in [1.807, 2.05) is 36.4 Å². The van der Waals surface area contributed by atoms with Crippen LogP contribution in [0.2, 0.25) is 0 Å². The third-order valence-electron chi connectivity index (χ3n) is 9.82. The van der Waals surface area contributed by atoms with Crippen molar-refractivity contribution < 1.29 is 29.0 Å². The largest absolute Gasteiger partial charge is 0.504 e. The third kappa shape index (κ3) is 4.21. The van der Waals surface area contributed by atoms with Crippen LogP contribution in [0.1, 0.15) is 31.2 Å². The molecule has 236 valence electrons. The zero-order valence-corrected chi connectivity index (χ0v) is 26.6. The molecule has 2 aliphatic carbocycles. The van der Waals surface area contributed by atoms with Crippen LogP contribution in [-0.4, -0.2) is 57.0 Å². The number of allylic oxidation sites excluding steroid dienone is 2. The van der Waals surface area contributed by atoms with Crippen molar-refractivity contribution >= 4 is 63.9 Å². The molecule has 2 heterocycles. The van der Waals surface area contributed by atoms with Crippen molar-refractivity contribution in [2.75, 3.05) is 23.9 Å². The molecule has 6 atom stereocenters. The number of carbonyl (C=O) groups is 4. The minimum atomic E-state index is -1.91. The highest BCUT2D eigenvalue weighted by atomic mass is 35.5. The van der Waals surface area contributed by atoms with Gasteiger partial charge in [-0.15, -0.1) is 23.2 Å². The average Bonchev–Trinajstić information content (AvgIpc) is 3.38. The number of likely N-dealkylation sites (tertiary alicyclic amines) is 1. The first-order chi connectivity index (χ1) is 22.0. The van der Waals surface area contributed by atoms with Crippen LogP contribution in [-0.2, 0) is 19.2 Å². The van der Waals surface area contributed by atoms with Gasteiger partial charge >= 0.3 is 0 Å². The van der Waals surface area contributed by atoms with Gasteiger partial charge in [0.2, 0.25) is 11.8 Å². The number of phenols is 1. The highest BCUT2D eigenvalue weighted by Gasteiger charge is 2.75. The minimum absolute atomic E-state index is 0.0976. The molecule has 2 aliphatic heterocycles. The van der Waals surface area contributed by atoms with Gasteiger partial charge in [-0.2, -0.15) is 0 Å². The van der Waals surface area contributed by atoms with Gasteiger partial charge in [0.1, 0.15) is 0 Å². The number of anilines is 3. The Balaban J connectivity index is 1.28. The molecule has 0 aromatic heterocycles. The van der Waals surface area contributed by atoms with Crippen LogP contribution in [0.3, 0.4) is 0 Å². The van der Waals surface area contributed by atoms with Crippen LogP contribution in [0.15, 0.2) is 84.4 Å². The van der Waals surface area contributed by atoms with Crippen LogP contribution in [0, 0.1) is 17.8 Å². The second-order valence-corrected chi connectivity index (χ2v) is 13.4. The number of hydrogen-bond acceptors (Lipinski definition) is 7. The lowest BCUT2D eigenvalue weighted by molar-refractivity contribution is -0.138. The molecule has 3 aromatic carbocycles. The standard InChI is InChI=1S/C35H31Cl2N3O6/c1-3-46-27-17-19(9-16-26(27)41)29-23-14-15-24-28(25(23)18-34(36)32(44)39(2)33(45)35(29,34)37)31(43)40(30(24)42)22-12-10-21(11-13-22)38-20-7-5-4-6-8-20/h4-14,16-17,24-25,28-29,38,41H,3,15,18H2,1-2H3. The molecule has 11 heteroatoms. The molecule has 2 saturated heterocycles. The Kier molecular flexibility index (Phi) is 7.17. The summed E-state index contributed by atoms with van der Waals surface area (Å²) >= 11 is 14.5. The molecular weight excluding hydrogens is 629 g/mol. The first-order valence-corrected chi connectivity index (χ1v) is 15.9. The molecule has 6 unspecified atom stereocenters. The molecule has 4 aliphatic rings. The number of phenolic OH excluding ortho intramolecular Hbond substituents is 1. The van der Waals surface area contributed by atoms with Gasteiger partial charge in [0.25, 0.3) is 11.8 Å². The van der Waals surface area contributed by atoms with E-state index < -0.39 is 45.2 Å². The Bertz CT molecular complexity index is 1810. The molecule has 3 fully saturated rings. The molecule has 46 heavy (non-hydrogen) atoms. The molecule has 7 rings (SSSR count). The molecule has 2 N–H and O–H groups in total. The van der Waals surface area contributed by atoms with Crippen LogP contribution < -0.4 is 15.0 Å². The van der Waals surface area contributed by atoms with Crippen molar-refractivity contribution in [1.82, 2.24) is 4.90 Å². The normalized spacial score (nSPS) is 30.1. The van der Waals surface area contributed by atoms with Gasteiger partial charge in [-0.1, -0.05) is 35.9 Å². The number of rotatable bonds is 6. The molecule has 0 bridgehead atoms. The van der Waals surface area contributed by atoms with E-state index in [1.165, 1.54) is 18.0 Å².